The average Bonchev–Trinajstić information content (AvgIpc) is 3.83. The van der Waals surface area contributed by atoms with Crippen molar-refractivity contribution in [3.05, 3.63) is 71.5 Å². The Morgan fingerprint density at radius 1 is 1.02 bits per heavy atom. The van der Waals surface area contributed by atoms with Crippen molar-refractivity contribution in [3.63, 3.8) is 0 Å². The number of benzene rings is 2. The summed E-state index contributed by atoms with van der Waals surface area (Å²) in [6, 6.07) is 13.7. The van der Waals surface area contributed by atoms with Gasteiger partial charge in [0.15, 0.2) is 0 Å². The predicted molar refractivity (Wildman–Crippen MR) is 254 cm³/mol. The number of phenols is 1. The summed E-state index contributed by atoms with van der Waals surface area (Å²) in [6.07, 6.45) is 5.00. The second-order valence-electron chi connectivity index (χ2n) is 21.1. The number of ether oxygens (including phenoxy) is 1. The van der Waals surface area contributed by atoms with Crippen LogP contribution in [0.3, 0.4) is 0 Å². The Bertz CT molecular complexity index is 2530. The number of aromatic nitrogens is 2. The molecule has 4 N–H and O–H groups in total. The van der Waals surface area contributed by atoms with Gasteiger partial charge in [0.25, 0.3) is 5.91 Å². The number of nitrogens with zero attached hydrogens (tertiary/aromatic N) is 5. The van der Waals surface area contributed by atoms with Gasteiger partial charge in [-0.25, -0.2) is 5.43 Å². The number of hydrogen-bond donors (Lipinski definition) is 4. The zero-order valence-electron chi connectivity index (χ0n) is 39.8. The van der Waals surface area contributed by atoms with Crippen LogP contribution in [0.4, 0.5) is 0 Å². The zero-order valence-corrected chi connectivity index (χ0v) is 39.8. The third kappa shape index (κ3) is 8.95. The summed E-state index contributed by atoms with van der Waals surface area (Å²) in [5.74, 6) is -1.24. The van der Waals surface area contributed by atoms with Gasteiger partial charge in [-0.3, -0.25) is 29.2 Å². The van der Waals surface area contributed by atoms with Crippen molar-refractivity contribution in [2.45, 2.75) is 124 Å². The van der Waals surface area contributed by atoms with E-state index in [1.807, 2.05) is 32.2 Å². The van der Waals surface area contributed by atoms with Crippen molar-refractivity contribution in [1.29, 1.82) is 0 Å². The highest BCUT2D eigenvalue weighted by atomic mass is 16.5. The molecule has 5 atom stereocenters. The normalized spacial score (nSPS) is 25.2. The minimum Gasteiger partial charge on any atom is -0.508 e. The molecule has 2 aromatic carbocycles. The van der Waals surface area contributed by atoms with Gasteiger partial charge in [-0.2, -0.15) is 0 Å². The van der Waals surface area contributed by atoms with Crippen LogP contribution >= 0.6 is 0 Å². The number of fused-ring (bicyclic) bond motifs is 6. The maximum absolute atomic E-state index is 14.8. The maximum atomic E-state index is 14.8. The predicted octanol–water partition coefficient (Wildman–Crippen LogP) is 5.79. The molecule has 14 heteroatoms. The molecule has 7 heterocycles. The lowest BCUT2D eigenvalue weighted by Crippen LogP contribution is -2.62. The summed E-state index contributed by atoms with van der Waals surface area (Å²) in [5, 5.41) is 20.4. The minimum atomic E-state index is -1.09. The molecule has 6 bridgehead atoms. The molecule has 5 aliphatic heterocycles. The molecule has 3 amide bonds. The van der Waals surface area contributed by atoms with E-state index in [-0.39, 0.29) is 36.5 Å². The molecular formula is C52H68N8O6. The van der Waals surface area contributed by atoms with E-state index in [1.165, 1.54) is 5.01 Å². The summed E-state index contributed by atoms with van der Waals surface area (Å²) in [7, 11) is 0. The lowest BCUT2D eigenvalue weighted by molar-refractivity contribution is -0.155. The number of hydrazine groups is 1. The molecular weight excluding hydrogens is 833 g/mol. The van der Waals surface area contributed by atoms with Crippen molar-refractivity contribution in [3.8, 4) is 28.1 Å². The van der Waals surface area contributed by atoms with Gasteiger partial charge < -0.3 is 34.8 Å². The topological polar surface area (TPSA) is 171 Å². The zero-order chi connectivity index (χ0) is 46.7. The van der Waals surface area contributed by atoms with E-state index in [2.05, 4.69) is 84.4 Å². The van der Waals surface area contributed by atoms with Crippen LogP contribution in [0, 0.1) is 16.7 Å². The Morgan fingerprint density at radius 2 is 1.80 bits per heavy atom. The van der Waals surface area contributed by atoms with Gasteiger partial charge in [0.1, 0.15) is 23.9 Å². The van der Waals surface area contributed by atoms with Gasteiger partial charge in [0, 0.05) is 79.8 Å². The van der Waals surface area contributed by atoms with Crippen molar-refractivity contribution in [2.24, 2.45) is 16.7 Å². The lowest BCUT2D eigenvalue weighted by Gasteiger charge is -2.37. The number of pyridine rings is 1. The van der Waals surface area contributed by atoms with Crippen molar-refractivity contribution >= 4 is 34.6 Å². The molecule has 5 aliphatic rings. The van der Waals surface area contributed by atoms with Gasteiger partial charge in [-0.05, 0) is 116 Å². The van der Waals surface area contributed by atoms with Crippen LogP contribution < -0.4 is 16.1 Å². The first-order valence-corrected chi connectivity index (χ1v) is 24.3. The van der Waals surface area contributed by atoms with E-state index in [0.29, 0.717) is 56.9 Å². The summed E-state index contributed by atoms with van der Waals surface area (Å²) in [4.78, 5) is 66.9. The highest BCUT2D eigenvalue weighted by Crippen LogP contribution is 2.44. The van der Waals surface area contributed by atoms with Crippen LogP contribution in [0.2, 0.25) is 0 Å². The van der Waals surface area contributed by atoms with Crippen molar-refractivity contribution in [2.75, 3.05) is 45.9 Å². The molecule has 4 fully saturated rings. The Labute approximate surface area is 388 Å². The number of amides is 3. The molecule has 0 unspecified atom stereocenters. The molecule has 2 aromatic heterocycles. The van der Waals surface area contributed by atoms with Gasteiger partial charge in [0.2, 0.25) is 11.8 Å². The van der Waals surface area contributed by atoms with Crippen LogP contribution in [0.15, 0.2) is 54.7 Å². The fraction of sp³-hybridized carbons (Fsp3) is 0.558. The van der Waals surface area contributed by atoms with Crippen LogP contribution in [0.5, 0.6) is 5.75 Å². The smallest absolute Gasteiger partial charge is 0.324 e. The Hall–Kier alpha value is -5.31. The fourth-order valence-corrected chi connectivity index (χ4v) is 11.3. The first-order valence-electron chi connectivity index (χ1n) is 24.3. The summed E-state index contributed by atoms with van der Waals surface area (Å²) >= 11 is 0. The molecule has 9 rings (SSSR count). The van der Waals surface area contributed by atoms with Crippen molar-refractivity contribution < 1.29 is 29.0 Å². The van der Waals surface area contributed by atoms with Gasteiger partial charge in [-0.1, -0.05) is 53.7 Å². The second-order valence-corrected chi connectivity index (χ2v) is 21.1. The monoisotopic (exact) mass is 901 g/mol. The maximum Gasteiger partial charge on any atom is 0.324 e. The third-order valence-corrected chi connectivity index (χ3v) is 14.7. The number of nitrogens with one attached hydrogen (secondary N) is 3. The van der Waals surface area contributed by atoms with Crippen LogP contribution in [0.25, 0.3) is 33.3 Å². The molecule has 4 saturated heterocycles. The van der Waals surface area contributed by atoms with E-state index >= 15 is 0 Å². The molecule has 0 saturated carbocycles. The van der Waals surface area contributed by atoms with Crippen LogP contribution in [0.1, 0.15) is 96.9 Å². The Morgan fingerprint density at radius 3 is 2.55 bits per heavy atom. The summed E-state index contributed by atoms with van der Waals surface area (Å²) < 4.78 is 8.50. The number of esters is 1. The highest BCUT2D eigenvalue weighted by molar-refractivity contribution is 5.96. The molecule has 14 nitrogen and oxygen atoms in total. The number of phenolic OH excluding ortho intramolecular Hbond substituents is 1. The fourth-order valence-electron chi connectivity index (χ4n) is 11.3. The van der Waals surface area contributed by atoms with Crippen molar-refractivity contribution in [1.82, 2.24) is 40.4 Å². The van der Waals surface area contributed by atoms with Crippen LogP contribution in [-0.2, 0) is 43.3 Å². The first kappa shape index (κ1) is 45.8. The van der Waals surface area contributed by atoms with Gasteiger partial charge in [-0.15, -0.1) is 0 Å². The molecule has 66 heavy (non-hydrogen) atoms. The molecule has 1 spiro atoms. The number of aryl methyl sites for hydroxylation is 1. The number of carbonyl (C=O) groups is 4. The highest BCUT2D eigenvalue weighted by Gasteiger charge is 2.54. The number of aromatic hydroxyl groups is 1. The first-order chi connectivity index (χ1) is 31.5. The average molecular weight is 901 g/mol. The number of carbonyl (C=O) groups excluding carboxylic acids is 4. The van der Waals surface area contributed by atoms with E-state index in [9.17, 15) is 24.3 Å². The molecule has 352 valence electrons. The van der Waals surface area contributed by atoms with E-state index in [4.69, 9.17) is 9.72 Å². The number of likely N-dealkylation sites (tertiary alicyclic amines) is 2. The van der Waals surface area contributed by atoms with E-state index < -0.39 is 46.7 Å². The standard InChI is InChI=1S/C52H68N8O6/c1-8-58-43-14-13-34-25-39(43)40(46(58)38-11-9-17-53-44(38)31(2)3)26-51(6,7)30-66-49(64)41-12-10-18-60(56-41)48(63)42(23-33-21-35(34)24-37(61)22-33)55-47(62)45(32(4)5)59-20-16-52(50(59)65)15-19-57(29-52)28-36-27-54-36/h9,11,13-14,17,21-22,24-25,31-32,36,41-42,45,54,56,61H,8,10,12,15-16,18-20,23,26-30H2,1-7H3,(H,55,62)/t36-,41-,42-,45-,52+/m0/s1. The van der Waals surface area contributed by atoms with Crippen LogP contribution in [-0.4, -0.2) is 123 Å². The summed E-state index contributed by atoms with van der Waals surface area (Å²) in [5.41, 5.74) is 9.85. The third-order valence-electron chi connectivity index (χ3n) is 14.7. The number of rotatable bonds is 9. The molecule has 4 aromatic rings. The van der Waals surface area contributed by atoms with E-state index in [1.54, 1.807) is 17.0 Å². The quantitative estimate of drug-likeness (QED) is 0.119. The van der Waals surface area contributed by atoms with Gasteiger partial charge >= 0.3 is 5.97 Å². The lowest BCUT2D eigenvalue weighted by atomic mass is 9.83. The SMILES string of the molecule is CCn1c(-c2cccnc2C(C)C)c2c3cc(ccc31)-c1cc(O)cc(c1)C[C@H](NC(=O)[C@H](C(C)C)N1CC[C@@]3(CCN(C[C@@H]4CN4)C3)C1=O)C(=O)N1CCC[C@H](N1)C(=O)OCC(C)(C)C2. The van der Waals surface area contributed by atoms with Gasteiger partial charge in [0.05, 0.1) is 23.4 Å². The second kappa shape index (κ2) is 18.1. The number of cyclic esters (lactones) is 1. The molecule has 0 aliphatic carbocycles. The number of hydrogen-bond acceptors (Lipinski definition) is 10. The molecule has 0 radical (unpaired) electrons. The Balaban J connectivity index is 1.10. The van der Waals surface area contributed by atoms with E-state index in [0.717, 1.165) is 77.1 Å². The largest absolute Gasteiger partial charge is 0.508 e. The summed E-state index contributed by atoms with van der Waals surface area (Å²) in [6.45, 7) is 19.7. The minimum absolute atomic E-state index is 0.0146. The Kier molecular flexibility index (Phi) is 12.5.